The lowest BCUT2D eigenvalue weighted by molar-refractivity contribution is -0.0121. The molecule has 37 heavy (non-hydrogen) atoms. The maximum atomic E-state index is 10.6. The molecule has 10 heteroatoms. The Morgan fingerprint density at radius 1 is 1.03 bits per heavy atom. The second kappa shape index (κ2) is 11.5. The Morgan fingerprint density at radius 3 is 2.41 bits per heavy atom. The van der Waals surface area contributed by atoms with E-state index in [1.54, 1.807) is 18.2 Å². The number of nitrogens with zero attached hydrogens (tertiary/aromatic N) is 2. The minimum Gasteiger partial charge on any atom is -0.476 e. The minimum atomic E-state index is -0.965. The number of ether oxygens (including phenoxy) is 1. The summed E-state index contributed by atoms with van der Waals surface area (Å²) in [6.07, 6.45) is 5.58. The van der Waals surface area contributed by atoms with Crippen molar-refractivity contribution in [2.45, 2.75) is 63.3 Å². The molecule has 2 aromatic carbocycles. The van der Waals surface area contributed by atoms with Gasteiger partial charge in [-0.25, -0.2) is 4.79 Å². The van der Waals surface area contributed by atoms with Crippen molar-refractivity contribution in [3.63, 3.8) is 0 Å². The van der Waals surface area contributed by atoms with Gasteiger partial charge in [0.1, 0.15) is 11.5 Å². The number of aromatic nitrogens is 2. The number of aliphatic hydroxyl groups is 1. The van der Waals surface area contributed by atoms with Crippen molar-refractivity contribution in [3.05, 3.63) is 69.5 Å². The summed E-state index contributed by atoms with van der Waals surface area (Å²) in [6.45, 7) is 0.437. The van der Waals surface area contributed by atoms with E-state index in [1.165, 1.54) is 11.5 Å². The largest absolute Gasteiger partial charge is 0.476 e. The second-order valence-corrected chi connectivity index (χ2v) is 10.9. The van der Waals surface area contributed by atoms with E-state index in [0.29, 0.717) is 33.8 Å². The van der Waals surface area contributed by atoms with Crippen molar-refractivity contribution in [3.8, 4) is 11.3 Å². The molecular formula is C27H26Cl2N2O5S. The summed E-state index contributed by atoms with van der Waals surface area (Å²) in [5, 5.41) is 24.5. The maximum Gasteiger partial charge on any atom is 0.356 e. The van der Waals surface area contributed by atoms with Gasteiger partial charge in [-0.05, 0) is 68.3 Å². The molecule has 2 heterocycles. The number of rotatable bonds is 6. The molecule has 0 aliphatic heterocycles. The van der Waals surface area contributed by atoms with Crippen LogP contribution in [0.5, 0.6) is 0 Å². The molecule has 2 fully saturated rings. The highest BCUT2D eigenvalue weighted by atomic mass is 35.5. The van der Waals surface area contributed by atoms with Gasteiger partial charge < -0.3 is 19.5 Å². The van der Waals surface area contributed by atoms with Crippen LogP contribution in [0.25, 0.3) is 21.3 Å². The van der Waals surface area contributed by atoms with E-state index >= 15 is 0 Å². The second-order valence-electron chi connectivity index (χ2n) is 9.32. The Hall–Kier alpha value is -2.49. The van der Waals surface area contributed by atoms with Gasteiger partial charge in [0.2, 0.25) is 0 Å². The number of aromatic carboxylic acids is 1. The van der Waals surface area contributed by atoms with Crippen LogP contribution >= 0.6 is 34.7 Å². The van der Waals surface area contributed by atoms with Crippen LogP contribution in [0, 0.1) is 0 Å². The number of carboxylic acid groups (broad SMARTS) is 1. The smallest absolute Gasteiger partial charge is 0.356 e. The van der Waals surface area contributed by atoms with Crippen LogP contribution in [0.15, 0.2) is 47.0 Å². The van der Waals surface area contributed by atoms with E-state index < -0.39 is 5.97 Å². The van der Waals surface area contributed by atoms with Crippen LogP contribution in [0.4, 0.5) is 0 Å². The molecule has 6 rings (SSSR count). The molecule has 194 valence electrons. The molecule has 2 aliphatic rings. The Bertz CT molecular complexity index is 1370. The number of carbonyl (C=O) groups is 1. The summed E-state index contributed by atoms with van der Waals surface area (Å²) >= 11 is 14.0. The average Bonchev–Trinajstić information content (AvgIpc) is 3.50. The van der Waals surface area contributed by atoms with Gasteiger partial charge in [-0.1, -0.05) is 52.6 Å². The topological polar surface area (TPSA) is 106 Å². The number of hydrogen-bond acceptors (Lipinski definition) is 7. The third-order valence-electron chi connectivity index (χ3n) is 6.65. The van der Waals surface area contributed by atoms with Gasteiger partial charge in [0, 0.05) is 22.4 Å². The van der Waals surface area contributed by atoms with Gasteiger partial charge in [0.05, 0.1) is 33.6 Å². The lowest BCUT2D eigenvalue weighted by atomic mass is 9.95. The number of benzene rings is 2. The summed E-state index contributed by atoms with van der Waals surface area (Å²) in [5.41, 5.74) is 2.51. The van der Waals surface area contributed by atoms with Crippen LogP contribution < -0.4 is 0 Å². The third kappa shape index (κ3) is 5.99. The highest BCUT2D eigenvalue weighted by Crippen LogP contribution is 2.46. The Labute approximate surface area is 228 Å². The Balaban J connectivity index is 0.000000195. The highest BCUT2D eigenvalue weighted by molar-refractivity contribution is 7.13. The van der Waals surface area contributed by atoms with E-state index in [9.17, 15) is 9.90 Å². The van der Waals surface area contributed by atoms with Crippen LogP contribution in [0.3, 0.4) is 0 Å². The zero-order chi connectivity index (χ0) is 25.9. The zero-order valence-corrected chi connectivity index (χ0v) is 22.2. The summed E-state index contributed by atoms with van der Waals surface area (Å²) in [7, 11) is 0. The van der Waals surface area contributed by atoms with Crippen LogP contribution in [0.1, 0.15) is 66.3 Å². The molecule has 0 unspecified atom stereocenters. The highest BCUT2D eigenvalue weighted by Gasteiger charge is 2.34. The van der Waals surface area contributed by atoms with Crippen molar-refractivity contribution in [1.82, 2.24) is 9.53 Å². The number of hydrogen-bond donors (Lipinski definition) is 2. The monoisotopic (exact) mass is 560 g/mol. The molecule has 0 atom stereocenters. The average molecular weight is 561 g/mol. The summed E-state index contributed by atoms with van der Waals surface area (Å²) < 4.78 is 16.5. The molecule has 2 aliphatic carbocycles. The molecular weight excluding hydrogens is 535 g/mol. The molecule has 7 nitrogen and oxygen atoms in total. The number of fused-ring (bicyclic) bond motifs is 1. The SMILES string of the molecule is O=C(O)c1nsc2ccccc12.OC1CCC(OCc2c(-c3c(Cl)cccc3Cl)noc2C2CC2)CC1. The fraction of sp³-hybridized carbons (Fsp3) is 0.370. The molecule has 0 amide bonds. The van der Waals surface area contributed by atoms with Crippen LogP contribution in [-0.2, 0) is 11.3 Å². The van der Waals surface area contributed by atoms with Crippen molar-refractivity contribution >= 4 is 50.8 Å². The van der Waals surface area contributed by atoms with Gasteiger partial charge >= 0.3 is 5.97 Å². The van der Waals surface area contributed by atoms with Crippen molar-refractivity contribution < 1.29 is 24.3 Å². The maximum absolute atomic E-state index is 10.6. The fourth-order valence-electron chi connectivity index (χ4n) is 4.50. The standard InChI is InChI=1S/C19H21Cl2NO3.C8H5NO2S/c20-15-2-1-3-16(21)17(15)18-14(19(25-22-18)11-4-5-11)10-24-13-8-6-12(23)7-9-13;10-8(11)7-5-3-1-2-4-6(5)12-9-7/h1-3,11-13,23H,4-10H2;1-4H,(H,10,11). The predicted octanol–water partition coefficient (Wildman–Crippen LogP) is 7.34. The molecule has 0 saturated heterocycles. The summed E-state index contributed by atoms with van der Waals surface area (Å²) in [4.78, 5) is 10.6. The fourth-order valence-corrected chi connectivity index (χ4v) is 5.85. The minimum absolute atomic E-state index is 0.149. The first kappa shape index (κ1) is 26.1. The molecule has 2 N–H and O–H groups in total. The first-order valence-corrected chi connectivity index (χ1v) is 13.8. The number of aliphatic hydroxyl groups excluding tert-OH is 1. The van der Waals surface area contributed by atoms with E-state index in [-0.39, 0.29) is 17.9 Å². The zero-order valence-electron chi connectivity index (χ0n) is 19.9. The normalized spacial score (nSPS) is 19.4. The van der Waals surface area contributed by atoms with E-state index in [2.05, 4.69) is 9.53 Å². The van der Waals surface area contributed by atoms with Crippen molar-refractivity contribution in [2.75, 3.05) is 0 Å². The van der Waals surface area contributed by atoms with Crippen molar-refractivity contribution in [2.24, 2.45) is 0 Å². The summed E-state index contributed by atoms with van der Waals surface area (Å²) in [6, 6.07) is 12.7. The first-order valence-electron chi connectivity index (χ1n) is 12.2. The first-order chi connectivity index (χ1) is 17.9. The van der Waals surface area contributed by atoms with E-state index in [4.69, 9.17) is 37.6 Å². The van der Waals surface area contributed by atoms with Crippen molar-refractivity contribution in [1.29, 1.82) is 0 Å². The molecule has 2 saturated carbocycles. The van der Waals surface area contributed by atoms with E-state index in [1.807, 2.05) is 24.3 Å². The number of halogens is 2. The summed E-state index contributed by atoms with van der Waals surface area (Å²) in [5.74, 6) is 0.364. The third-order valence-corrected chi connectivity index (χ3v) is 8.11. The molecule has 0 spiro atoms. The molecule has 4 aromatic rings. The molecule has 2 aromatic heterocycles. The quantitative estimate of drug-likeness (QED) is 0.254. The predicted molar refractivity (Wildman–Crippen MR) is 144 cm³/mol. The molecule has 0 radical (unpaired) electrons. The Morgan fingerprint density at radius 2 is 1.73 bits per heavy atom. The van der Waals surface area contributed by atoms with Gasteiger partial charge in [-0.2, -0.15) is 4.37 Å². The molecule has 0 bridgehead atoms. The van der Waals surface area contributed by atoms with Gasteiger partial charge in [0.15, 0.2) is 5.69 Å². The lowest BCUT2D eigenvalue weighted by Gasteiger charge is -2.25. The van der Waals surface area contributed by atoms with Crippen LogP contribution in [0.2, 0.25) is 10.0 Å². The lowest BCUT2D eigenvalue weighted by Crippen LogP contribution is -2.24. The van der Waals surface area contributed by atoms with Gasteiger partial charge in [-0.15, -0.1) is 0 Å². The van der Waals surface area contributed by atoms with Gasteiger partial charge in [-0.3, -0.25) is 0 Å². The Kier molecular flexibility index (Phi) is 8.12. The van der Waals surface area contributed by atoms with Crippen LogP contribution in [-0.4, -0.2) is 37.9 Å². The number of carboxylic acids is 1. The van der Waals surface area contributed by atoms with Gasteiger partial charge in [0.25, 0.3) is 0 Å². The van der Waals surface area contributed by atoms with E-state index in [0.717, 1.165) is 59.9 Å².